The molecule has 0 saturated heterocycles. The average molecular weight is 301 g/mol. The Morgan fingerprint density at radius 1 is 1.33 bits per heavy atom. The van der Waals surface area contributed by atoms with E-state index in [0.717, 1.165) is 12.0 Å². The second kappa shape index (κ2) is 9.63. The van der Waals surface area contributed by atoms with Crippen LogP contribution in [0.3, 0.4) is 0 Å². The summed E-state index contributed by atoms with van der Waals surface area (Å²) in [5.41, 5.74) is 1.29. The molecular formula is C15H25F2N3O. The van der Waals surface area contributed by atoms with Gasteiger partial charge in [-0.2, -0.15) is 0 Å². The van der Waals surface area contributed by atoms with Crippen LogP contribution < -0.4 is 10.6 Å². The number of ether oxygens (including phenoxy) is 1. The molecule has 0 bridgehead atoms. The van der Waals surface area contributed by atoms with E-state index >= 15 is 0 Å². The van der Waals surface area contributed by atoms with Gasteiger partial charge in [-0.15, -0.1) is 0 Å². The van der Waals surface area contributed by atoms with Crippen LogP contribution >= 0.6 is 0 Å². The predicted octanol–water partition coefficient (Wildman–Crippen LogP) is 2.66. The van der Waals surface area contributed by atoms with E-state index < -0.39 is 12.3 Å². The minimum Gasteiger partial charge on any atom is -0.383 e. The number of alkyl halides is 2. The Morgan fingerprint density at radius 3 is 2.71 bits per heavy atom. The molecule has 1 aromatic heterocycles. The van der Waals surface area contributed by atoms with Gasteiger partial charge >= 0.3 is 0 Å². The minimum absolute atomic E-state index is 0.121. The second-order valence-electron chi connectivity index (χ2n) is 4.84. The fraction of sp³-hybridized carbons (Fsp3) is 0.667. The summed E-state index contributed by atoms with van der Waals surface area (Å²) in [5.74, 6) is 0.659. The van der Waals surface area contributed by atoms with E-state index in [1.54, 1.807) is 20.2 Å². The van der Waals surface area contributed by atoms with Crippen LogP contribution in [0.2, 0.25) is 0 Å². The molecule has 2 N–H and O–H groups in total. The molecule has 1 rings (SSSR count). The zero-order valence-corrected chi connectivity index (χ0v) is 13.0. The Labute approximate surface area is 125 Å². The third-order valence-electron chi connectivity index (χ3n) is 3.25. The smallest absolute Gasteiger partial charge is 0.145 e. The van der Waals surface area contributed by atoms with Crippen molar-refractivity contribution in [3.8, 4) is 0 Å². The molecule has 2 atom stereocenters. The highest BCUT2D eigenvalue weighted by molar-refractivity contribution is 5.44. The monoisotopic (exact) mass is 301 g/mol. The second-order valence-corrected chi connectivity index (χ2v) is 4.84. The fourth-order valence-electron chi connectivity index (χ4n) is 2.04. The maximum absolute atomic E-state index is 14.1. The molecule has 0 amide bonds. The van der Waals surface area contributed by atoms with Crippen molar-refractivity contribution < 1.29 is 13.5 Å². The number of hydrogen-bond acceptors (Lipinski definition) is 4. The minimum atomic E-state index is -1.40. The molecule has 0 aliphatic carbocycles. The number of aryl methyl sites for hydroxylation is 1. The van der Waals surface area contributed by atoms with Crippen molar-refractivity contribution in [2.24, 2.45) is 0 Å². The summed E-state index contributed by atoms with van der Waals surface area (Å²) in [7, 11) is 3.33. The maximum Gasteiger partial charge on any atom is 0.145 e. The fourth-order valence-corrected chi connectivity index (χ4v) is 2.04. The van der Waals surface area contributed by atoms with Crippen molar-refractivity contribution in [1.82, 2.24) is 10.3 Å². The van der Waals surface area contributed by atoms with Crippen molar-refractivity contribution >= 4 is 5.82 Å². The highest BCUT2D eigenvalue weighted by Crippen LogP contribution is 2.25. The number of methoxy groups -OCH3 is 1. The van der Waals surface area contributed by atoms with E-state index in [9.17, 15) is 8.78 Å². The number of halogens is 2. The van der Waals surface area contributed by atoms with Crippen LogP contribution in [-0.4, -0.2) is 45.0 Å². The summed E-state index contributed by atoms with van der Waals surface area (Å²) in [6, 6.07) is 3.47. The highest BCUT2D eigenvalue weighted by Gasteiger charge is 2.19. The molecule has 0 aliphatic rings. The van der Waals surface area contributed by atoms with Gasteiger partial charge in [-0.25, -0.2) is 13.8 Å². The molecule has 21 heavy (non-hydrogen) atoms. The van der Waals surface area contributed by atoms with Crippen molar-refractivity contribution in [2.45, 2.75) is 32.1 Å². The first-order chi connectivity index (χ1) is 10.1. The molecule has 0 aliphatic heterocycles. The van der Waals surface area contributed by atoms with Gasteiger partial charge in [-0.3, -0.25) is 0 Å². The number of hydrogen-bond donors (Lipinski definition) is 2. The van der Waals surface area contributed by atoms with Gasteiger partial charge in [0.2, 0.25) is 0 Å². The van der Waals surface area contributed by atoms with Crippen LogP contribution in [0.4, 0.5) is 14.6 Å². The first-order valence-corrected chi connectivity index (χ1v) is 7.27. The van der Waals surface area contributed by atoms with Gasteiger partial charge in [-0.05, 0) is 18.1 Å². The lowest BCUT2D eigenvalue weighted by molar-refractivity contribution is 0.185. The first kappa shape index (κ1) is 17.8. The molecule has 1 aromatic rings. The number of nitrogens with zero attached hydrogens (tertiary/aromatic N) is 1. The van der Waals surface area contributed by atoms with Gasteiger partial charge in [-0.1, -0.05) is 13.0 Å². The molecule has 0 radical (unpaired) electrons. The molecule has 2 unspecified atom stereocenters. The summed E-state index contributed by atoms with van der Waals surface area (Å²) < 4.78 is 32.7. The molecular weight excluding hydrogens is 276 g/mol. The molecule has 0 fully saturated rings. The third kappa shape index (κ3) is 5.93. The van der Waals surface area contributed by atoms with Crippen LogP contribution in [-0.2, 0) is 11.2 Å². The number of pyridine rings is 1. The lowest BCUT2D eigenvalue weighted by Gasteiger charge is -2.14. The summed E-state index contributed by atoms with van der Waals surface area (Å²) in [5, 5.41) is 5.83. The largest absolute Gasteiger partial charge is 0.383 e. The summed E-state index contributed by atoms with van der Waals surface area (Å²) in [4.78, 5) is 4.23. The molecule has 6 heteroatoms. The summed E-state index contributed by atoms with van der Waals surface area (Å²) in [6.07, 6.45) is -2.03. The zero-order valence-electron chi connectivity index (χ0n) is 13.0. The first-order valence-electron chi connectivity index (χ1n) is 7.27. The van der Waals surface area contributed by atoms with Gasteiger partial charge in [0.1, 0.15) is 18.2 Å². The Hall–Kier alpha value is -1.27. The van der Waals surface area contributed by atoms with Crippen molar-refractivity contribution in [3.63, 3.8) is 0 Å². The maximum atomic E-state index is 14.1. The Morgan fingerprint density at radius 2 is 2.10 bits per heavy atom. The van der Waals surface area contributed by atoms with Gasteiger partial charge < -0.3 is 15.4 Å². The van der Waals surface area contributed by atoms with E-state index in [4.69, 9.17) is 4.74 Å². The van der Waals surface area contributed by atoms with Gasteiger partial charge in [0.25, 0.3) is 0 Å². The quantitative estimate of drug-likeness (QED) is 0.652. The Bertz CT molecular complexity index is 418. The Kier molecular flexibility index (Phi) is 8.15. The average Bonchev–Trinajstić information content (AvgIpc) is 2.50. The Balaban J connectivity index is 2.52. The predicted molar refractivity (Wildman–Crippen MR) is 81.3 cm³/mol. The van der Waals surface area contributed by atoms with Crippen molar-refractivity contribution in [3.05, 3.63) is 23.4 Å². The normalized spacial score (nSPS) is 14.0. The van der Waals surface area contributed by atoms with Crippen molar-refractivity contribution in [1.29, 1.82) is 0 Å². The molecule has 0 aromatic carbocycles. The lowest BCUT2D eigenvalue weighted by Crippen LogP contribution is -2.27. The van der Waals surface area contributed by atoms with Crippen LogP contribution in [0, 0.1) is 0 Å². The summed E-state index contributed by atoms with van der Waals surface area (Å²) >= 11 is 0. The molecule has 1 heterocycles. The number of aromatic nitrogens is 1. The van der Waals surface area contributed by atoms with E-state index in [1.807, 2.05) is 13.0 Å². The van der Waals surface area contributed by atoms with Gasteiger partial charge in [0.05, 0.1) is 12.3 Å². The lowest BCUT2D eigenvalue weighted by atomic mass is 10.1. The molecule has 0 spiro atoms. The van der Waals surface area contributed by atoms with Crippen LogP contribution in [0.25, 0.3) is 0 Å². The van der Waals surface area contributed by atoms with E-state index in [-0.39, 0.29) is 18.7 Å². The van der Waals surface area contributed by atoms with Gasteiger partial charge in [0.15, 0.2) is 0 Å². The SMILES string of the molecule is CCc1ccc(C(F)CC(F)CNCCOC)nc1NC. The van der Waals surface area contributed by atoms with E-state index in [1.165, 1.54) is 0 Å². The number of nitrogens with one attached hydrogen (secondary N) is 2. The number of rotatable bonds is 10. The van der Waals surface area contributed by atoms with E-state index in [2.05, 4.69) is 15.6 Å². The standard InChI is InChI=1S/C15H25F2N3O/c1-4-11-5-6-14(20-15(11)18-2)13(17)9-12(16)10-19-7-8-21-3/h5-6,12-13,19H,4,7-10H2,1-3H3,(H,18,20). The number of anilines is 1. The summed E-state index contributed by atoms with van der Waals surface area (Å²) in [6.45, 7) is 3.20. The van der Waals surface area contributed by atoms with Crippen molar-refractivity contribution in [2.75, 3.05) is 39.2 Å². The molecule has 120 valence electrons. The van der Waals surface area contributed by atoms with Crippen LogP contribution in [0.15, 0.2) is 12.1 Å². The molecule has 0 saturated carbocycles. The van der Waals surface area contributed by atoms with E-state index in [0.29, 0.717) is 19.0 Å². The molecule has 4 nitrogen and oxygen atoms in total. The van der Waals surface area contributed by atoms with Crippen LogP contribution in [0.1, 0.15) is 30.8 Å². The third-order valence-corrected chi connectivity index (χ3v) is 3.25. The zero-order chi connectivity index (χ0) is 15.7. The topological polar surface area (TPSA) is 46.2 Å². The highest BCUT2D eigenvalue weighted by atomic mass is 19.1. The van der Waals surface area contributed by atoms with Gasteiger partial charge in [0, 0.05) is 33.7 Å². The van der Waals surface area contributed by atoms with Crippen LogP contribution in [0.5, 0.6) is 0 Å².